The molecule has 0 unspecified atom stereocenters. The number of fused-ring (bicyclic) bond motifs is 1. The van der Waals surface area contributed by atoms with Crippen molar-refractivity contribution in [1.29, 1.82) is 0 Å². The molecule has 0 aliphatic rings. The molecule has 0 spiro atoms. The fourth-order valence-corrected chi connectivity index (χ4v) is 1.36. The van der Waals surface area contributed by atoms with E-state index in [1.54, 1.807) is 11.3 Å². The fourth-order valence-electron chi connectivity index (χ4n) is 0.757. The second-order valence-electron chi connectivity index (χ2n) is 1.77. The van der Waals surface area contributed by atoms with Gasteiger partial charge in [0.25, 0.3) is 0 Å². The second-order valence-corrected chi connectivity index (χ2v) is 2.60. The third-order valence-corrected chi connectivity index (χ3v) is 1.93. The van der Waals surface area contributed by atoms with Crippen molar-refractivity contribution in [2.45, 2.75) is 0 Å². The van der Waals surface area contributed by atoms with E-state index in [1.807, 2.05) is 24.3 Å². The Kier molecular flexibility index (Phi) is 3.11. The van der Waals surface area contributed by atoms with Crippen LogP contribution < -0.4 is 0 Å². The molecular formula is C7H6CaNS. The van der Waals surface area contributed by atoms with Crippen molar-refractivity contribution in [2.75, 3.05) is 0 Å². The first-order valence-electron chi connectivity index (χ1n) is 2.68. The fraction of sp³-hybridized carbons (Fsp3) is 0. The van der Waals surface area contributed by atoms with Crippen molar-refractivity contribution < 1.29 is 0 Å². The summed E-state index contributed by atoms with van der Waals surface area (Å²) in [4.78, 5) is 4.01. The molecule has 2 aromatic rings. The number of hydrogen-bond acceptors (Lipinski definition) is 2. The molecular weight excluding hydrogens is 170 g/mol. The van der Waals surface area contributed by atoms with E-state index in [2.05, 4.69) is 10.5 Å². The number of rotatable bonds is 0. The molecule has 1 aromatic carbocycles. The average Bonchev–Trinajstić information content (AvgIpc) is 2.33. The van der Waals surface area contributed by atoms with Gasteiger partial charge in [0.2, 0.25) is 0 Å². The molecule has 47 valence electrons. The molecule has 1 aromatic heterocycles. The van der Waals surface area contributed by atoms with Gasteiger partial charge in [-0.2, -0.15) is 0 Å². The summed E-state index contributed by atoms with van der Waals surface area (Å²) in [5, 5.41) is 0. The SMILES string of the molecule is [CaH2].[c]1nc2ccccc2s1. The number of thiazole rings is 1. The van der Waals surface area contributed by atoms with Crippen molar-refractivity contribution in [1.82, 2.24) is 4.98 Å². The molecule has 0 atom stereocenters. The van der Waals surface area contributed by atoms with Gasteiger partial charge in [0.1, 0.15) is 0 Å². The number of para-hydroxylation sites is 1. The van der Waals surface area contributed by atoms with E-state index < -0.39 is 0 Å². The maximum absolute atomic E-state index is 4.01. The quantitative estimate of drug-likeness (QED) is 0.549. The van der Waals surface area contributed by atoms with E-state index in [0.717, 1.165) is 5.52 Å². The van der Waals surface area contributed by atoms with Crippen molar-refractivity contribution >= 4 is 59.3 Å². The molecule has 10 heavy (non-hydrogen) atoms. The van der Waals surface area contributed by atoms with Crippen LogP contribution in [0.15, 0.2) is 24.3 Å². The van der Waals surface area contributed by atoms with Crippen LogP contribution in [0.2, 0.25) is 0 Å². The van der Waals surface area contributed by atoms with Crippen LogP contribution in [0.4, 0.5) is 0 Å². The number of nitrogens with zero attached hydrogens (tertiary/aromatic N) is 1. The van der Waals surface area contributed by atoms with Crippen LogP contribution in [0.5, 0.6) is 0 Å². The molecule has 0 fully saturated rings. The van der Waals surface area contributed by atoms with Crippen LogP contribution >= 0.6 is 11.3 Å². The maximum Gasteiger partial charge on any atom is 0.153 e. The summed E-state index contributed by atoms with van der Waals surface area (Å²) in [5.41, 5.74) is 3.87. The minimum Gasteiger partial charge on any atom is -0.233 e. The van der Waals surface area contributed by atoms with Crippen molar-refractivity contribution in [3.63, 3.8) is 0 Å². The van der Waals surface area contributed by atoms with E-state index in [-0.39, 0.29) is 37.7 Å². The molecule has 0 saturated heterocycles. The van der Waals surface area contributed by atoms with Gasteiger partial charge in [0, 0.05) is 0 Å². The Labute approximate surface area is 93.1 Å². The van der Waals surface area contributed by atoms with Crippen LogP contribution in [-0.2, 0) is 0 Å². The first-order chi connectivity index (χ1) is 4.47. The van der Waals surface area contributed by atoms with Crippen LogP contribution in [0.25, 0.3) is 10.2 Å². The molecule has 0 bridgehead atoms. The van der Waals surface area contributed by atoms with Gasteiger partial charge < -0.3 is 0 Å². The summed E-state index contributed by atoms with van der Waals surface area (Å²) in [6.45, 7) is 0. The van der Waals surface area contributed by atoms with E-state index in [4.69, 9.17) is 0 Å². The van der Waals surface area contributed by atoms with Crippen LogP contribution in [0.1, 0.15) is 0 Å². The monoisotopic (exact) mass is 176 g/mol. The molecule has 0 aliphatic carbocycles. The molecule has 3 heteroatoms. The normalized spacial score (nSPS) is 9.20. The summed E-state index contributed by atoms with van der Waals surface area (Å²) < 4.78 is 1.21. The molecule has 0 amide bonds. The molecule has 0 aliphatic heterocycles. The van der Waals surface area contributed by atoms with E-state index in [1.165, 1.54) is 4.70 Å². The molecule has 1 radical (unpaired) electrons. The molecule has 2 rings (SSSR count). The average molecular weight is 176 g/mol. The van der Waals surface area contributed by atoms with Crippen molar-refractivity contribution in [2.24, 2.45) is 0 Å². The number of benzene rings is 1. The predicted octanol–water partition coefficient (Wildman–Crippen LogP) is 1.18. The van der Waals surface area contributed by atoms with Gasteiger partial charge in [-0.25, -0.2) is 4.98 Å². The van der Waals surface area contributed by atoms with Crippen LogP contribution in [-0.4, -0.2) is 42.7 Å². The molecule has 1 nitrogen and oxygen atoms in total. The number of hydrogen-bond donors (Lipinski definition) is 0. The topological polar surface area (TPSA) is 12.9 Å². The van der Waals surface area contributed by atoms with Crippen molar-refractivity contribution in [3.8, 4) is 0 Å². The molecule has 1 heterocycles. The third-order valence-electron chi connectivity index (χ3n) is 1.19. The van der Waals surface area contributed by atoms with Gasteiger partial charge in [-0.05, 0) is 12.1 Å². The zero-order valence-corrected chi connectivity index (χ0v) is 5.48. The maximum atomic E-state index is 4.01. The Balaban J connectivity index is 0.000000500. The Bertz CT molecular complexity index is 288. The summed E-state index contributed by atoms with van der Waals surface area (Å²) >= 11 is 1.55. The second kappa shape index (κ2) is 3.67. The summed E-state index contributed by atoms with van der Waals surface area (Å²) in [6, 6.07) is 8.02. The standard InChI is InChI=1S/C7H4NS.Ca.2H/c1-2-4-7-6(3-1)8-5-9-7;;;/h1-4H;;;. The van der Waals surface area contributed by atoms with Gasteiger partial charge in [-0.1, -0.05) is 12.1 Å². The Morgan fingerprint density at radius 1 is 1.30 bits per heavy atom. The number of aromatic nitrogens is 1. The van der Waals surface area contributed by atoms with Crippen molar-refractivity contribution in [3.05, 3.63) is 29.8 Å². The van der Waals surface area contributed by atoms with Gasteiger partial charge >= 0.3 is 37.7 Å². The van der Waals surface area contributed by atoms with Crippen LogP contribution in [0.3, 0.4) is 0 Å². The Morgan fingerprint density at radius 2 is 2.10 bits per heavy atom. The van der Waals surface area contributed by atoms with Gasteiger partial charge in [0.05, 0.1) is 10.2 Å². The Hall–Kier alpha value is 0.370. The van der Waals surface area contributed by atoms with Gasteiger partial charge in [-0.3, -0.25) is 0 Å². The predicted molar refractivity (Wildman–Crippen MR) is 47.0 cm³/mol. The smallest absolute Gasteiger partial charge is 0.153 e. The van der Waals surface area contributed by atoms with E-state index in [0.29, 0.717) is 0 Å². The molecule has 0 N–H and O–H groups in total. The first-order valence-corrected chi connectivity index (χ1v) is 3.50. The minimum atomic E-state index is 0. The first kappa shape index (κ1) is 8.47. The van der Waals surface area contributed by atoms with E-state index >= 15 is 0 Å². The molecule has 0 saturated carbocycles. The summed E-state index contributed by atoms with van der Waals surface area (Å²) in [5.74, 6) is 0. The van der Waals surface area contributed by atoms with Gasteiger partial charge in [-0.15, -0.1) is 11.3 Å². The van der Waals surface area contributed by atoms with E-state index in [9.17, 15) is 0 Å². The summed E-state index contributed by atoms with van der Waals surface area (Å²) in [7, 11) is 0. The van der Waals surface area contributed by atoms with Gasteiger partial charge in [0.15, 0.2) is 5.51 Å². The van der Waals surface area contributed by atoms with Crippen LogP contribution in [0, 0.1) is 5.51 Å². The largest absolute Gasteiger partial charge is 0.233 e. The zero-order valence-electron chi connectivity index (χ0n) is 4.66. The zero-order chi connectivity index (χ0) is 6.10. The Morgan fingerprint density at radius 3 is 2.90 bits per heavy atom. The third kappa shape index (κ3) is 1.51. The minimum absolute atomic E-state index is 0. The summed E-state index contributed by atoms with van der Waals surface area (Å²) in [6.07, 6.45) is 0.